The molecule has 1 unspecified atom stereocenters. The zero-order chi connectivity index (χ0) is 22.3. The number of halogens is 1. The fraction of sp³-hybridized carbons (Fsp3) is 0.111. The van der Waals surface area contributed by atoms with Crippen molar-refractivity contribution in [3.63, 3.8) is 0 Å². The van der Waals surface area contributed by atoms with Gasteiger partial charge in [-0.15, -0.1) is 0 Å². The molecule has 0 radical (unpaired) electrons. The maximum atomic E-state index is 13.5. The maximum Gasteiger partial charge on any atom is 0.264 e. The quantitative estimate of drug-likeness (QED) is 0.373. The van der Waals surface area contributed by atoms with Crippen molar-refractivity contribution in [1.29, 1.82) is 0 Å². The highest BCUT2D eigenvalue weighted by Crippen LogP contribution is 2.45. The van der Waals surface area contributed by atoms with E-state index in [1.54, 1.807) is 23.1 Å². The van der Waals surface area contributed by atoms with Crippen LogP contribution in [0.15, 0.2) is 95.5 Å². The number of ketones is 1. The van der Waals surface area contributed by atoms with E-state index in [0.717, 1.165) is 20.8 Å². The third-order valence-electron chi connectivity index (χ3n) is 5.98. The van der Waals surface area contributed by atoms with E-state index in [4.69, 9.17) is 0 Å². The Kier molecular flexibility index (Phi) is 5.16. The van der Waals surface area contributed by atoms with Crippen LogP contribution >= 0.6 is 15.9 Å². The summed E-state index contributed by atoms with van der Waals surface area (Å²) in [4.78, 5) is 28.5. The first kappa shape index (κ1) is 20.6. The van der Waals surface area contributed by atoms with Gasteiger partial charge < -0.3 is 10.0 Å². The molecule has 1 heterocycles. The molecule has 0 saturated carbocycles. The first-order chi connectivity index (χ1) is 15.5. The second kappa shape index (κ2) is 8.01. The van der Waals surface area contributed by atoms with Crippen molar-refractivity contribution in [2.45, 2.75) is 18.6 Å². The summed E-state index contributed by atoms with van der Waals surface area (Å²) in [6.07, 6.45) is -0.325. The maximum absolute atomic E-state index is 13.5. The molecule has 5 heteroatoms. The highest BCUT2D eigenvalue weighted by Gasteiger charge is 2.51. The Bertz CT molecular complexity index is 1350. The minimum Gasteiger partial charge on any atom is -0.375 e. The zero-order valence-corrected chi connectivity index (χ0v) is 18.7. The van der Waals surface area contributed by atoms with Crippen LogP contribution in [-0.2, 0) is 16.9 Å². The molecular formula is C27H20BrNO3. The second-order valence-corrected chi connectivity index (χ2v) is 8.94. The molecule has 4 nitrogen and oxygen atoms in total. The van der Waals surface area contributed by atoms with Crippen LogP contribution in [0.2, 0.25) is 0 Å². The van der Waals surface area contributed by atoms with Crippen LogP contribution in [-0.4, -0.2) is 16.8 Å². The molecule has 1 atom stereocenters. The average molecular weight is 486 g/mol. The number of carbonyl (C=O) groups excluding carboxylic acids is 2. The predicted molar refractivity (Wildman–Crippen MR) is 129 cm³/mol. The van der Waals surface area contributed by atoms with Crippen LogP contribution in [0.25, 0.3) is 10.8 Å². The van der Waals surface area contributed by atoms with Crippen LogP contribution in [0.5, 0.6) is 0 Å². The predicted octanol–water partition coefficient (Wildman–Crippen LogP) is 5.61. The van der Waals surface area contributed by atoms with Crippen molar-refractivity contribution in [2.75, 3.05) is 4.90 Å². The molecule has 1 aliphatic rings. The standard InChI is InChI=1S/C27H20BrNO3/c28-20-13-14-24-23(15-20)27(32,26(31)29(24)17-18-7-2-1-3-8-18)16-25(30)22-12-6-10-19-9-4-5-11-21(19)22/h1-15,32H,16-17H2. The first-order valence-electron chi connectivity index (χ1n) is 10.4. The summed E-state index contributed by atoms with van der Waals surface area (Å²) >= 11 is 3.44. The molecule has 1 amide bonds. The van der Waals surface area contributed by atoms with Gasteiger partial charge in [0.1, 0.15) is 0 Å². The molecule has 4 aromatic rings. The van der Waals surface area contributed by atoms with E-state index in [1.807, 2.05) is 72.8 Å². The highest BCUT2D eigenvalue weighted by atomic mass is 79.9. The van der Waals surface area contributed by atoms with Crippen molar-refractivity contribution in [1.82, 2.24) is 0 Å². The number of rotatable bonds is 5. The third kappa shape index (κ3) is 3.44. The number of aliphatic hydroxyl groups is 1. The molecule has 0 spiro atoms. The van der Waals surface area contributed by atoms with E-state index in [9.17, 15) is 14.7 Å². The molecule has 0 aliphatic carbocycles. The van der Waals surface area contributed by atoms with E-state index in [1.165, 1.54) is 0 Å². The van der Waals surface area contributed by atoms with Gasteiger partial charge in [-0.1, -0.05) is 88.7 Å². The molecule has 0 saturated heterocycles. The fourth-order valence-corrected chi connectivity index (χ4v) is 4.77. The van der Waals surface area contributed by atoms with Gasteiger partial charge in [0.05, 0.1) is 18.7 Å². The summed E-state index contributed by atoms with van der Waals surface area (Å²) in [7, 11) is 0. The molecule has 158 valence electrons. The van der Waals surface area contributed by atoms with Gasteiger partial charge >= 0.3 is 0 Å². The SMILES string of the molecule is O=C(CC1(O)C(=O)N(Cc2ccccc2)c2ccc(Br)cc21)c1cccc2ccccc12. The highest BCUT2D eigenvalue weighted by molar-refractivity contribution is 9.10. The van der Waals surface area contributed by atoms with Crippen LogP contribution in [0.3, 0.4) is 0 Å². The largest absolute Gasteiger partial charge is 0.375 e. The van der Waals surface area contributed by atoms with Gasteiger partial charge in [0, 0.05) is 15.6 Å². The number of anilines is 1. The van der Waals surface area contributed by atoms with E-state index < -0.39 is 11.5 Å². The summed E-state index contributed by atoms with van der Waals surface area (Å²) in [6.45, 7) is 0.319. The van der Waals surface area contributed by atoms with E-state index in [0.29, 0.717) is 23.4 Å². The molecule has 1 N–H and O–H groups in total. The lowest BCUT2D eigenvalue weighted by Gasteiger charge is -2.23. The fourth-order valence-electron chi connectivity index (χ4n) is 4.41. The second-order valence-electron chi connectivity index (χ2n) is 8.03. The molecule has 32 heavy (non-hydrogen) atoms. The Morgan fingerprint density at radius 1 is 0.906 bits per heavy atom. The van der Waals surface area contributed by atoms with Gasteiger partial charge in [-0.3, -0.25) is 9.59 Å². The van der Waals surface area contributed by atoms with E-state index in [-0.39, 0.29) is 12.2 Å². The molecule has 0 aromatic heterocycles. The minimum absolute atomic E-state index is 0.273. The van der Waals surface area contributed by atoms with E-state index in [2.05, 4.69) is 15.9 Å². The number of carbonyl (C=O) groups is 2. The average Bonchev–Trinajstić information content (AvgIpc) is 3.00. The number of benzene rings is 4. The Balaban J connectivity index is 1.55. The number of Topliss-reactive ketones (excluding diaryl/α,β-unsaturated/α-hetero) is 1. The van der Waals surface area contributed by atoms with Crippen LogP contribution in [0.4, 0.5) is 5.69 Å². The summed E-state index contributed by atoms with van der Waals surface area (Å²) in [6, 6.07) is 28.1. The van der Waals surface area contributed by atoms with Crippen LogP contribution in [0, 0.1) is 0 Å². The number of hydrogen-bond donors (Lipinski definition) is 1. The van der Waals surface area contributed by atoms with Gasteiger partial charge in [0.15, 0.2) is 11.4 Å². The lowest BCUT2D eigenvalue weighted by Crippen LogP contribution is -2.41. The monoisotopic (exact) mass is 485 g/mol. The first-order valence-corrected chi connectivity index (χ1v) is 11.2. The van der Waals surface area contributed by atoms with Gasteiger partial charge in [-0.05, 0) is 34.5 Å². The van der Waals surface area contributed by atoms with Gasteiger partial charge in [-0.2, -0.15) is 0 Å². The molecule has 1 aliphatic heterocycles. The van der Waals surface area contributed by atoms with Crippen molar-refractivity contribution < 1.29 is 14.7 Å². The Labute approximate surface area is 194 Å². The summed E-state index contributed by atoms with van der Waals surface area (Å²) in [5.41, 5.74) is 0.584. The normalized spacial score (nSPS) is 17.6. The van der Waals surface area contributed by atoms with Gasteiger partial charge in [0.2, 0.25) is 0 Å². The summed E-state index contributed by atoms with van der Waals surface area (Å²) < 4.78 is 0.738. The molecular weight excluding hydrogens is 466 g/mol. The van der Waals surface area contributed by atoms with Crippen LogP contribution < -0.4 is 4.90 Å². The number of hydrogen-bond acceptors (Lipinski definition) is 3. The number of amides is 1. The van der Waals surface area contributed by atoms with E-state index >= 15 is 0 Å². The Hall–Kier alpha value is -3.28. The topological polar surface area (TPSA) is 57.6 Å². The smallest absolute Gasteiger partial charge is 0.264 e. The van der Waals surface area contributed by atoms with Gasteiger partial charge in [-0.25, -0.2) is 0 Å². The lowest BCUT2D eigenvalue weighted by molar-refractivity contribution is -0.136. The summed E-state index contributed by atoms with van der Waals surface area (Å²) in [5, 5.41) is 13.4. The van der Waals surface area contributed by atoms with Crippen molar-refractivity contribution in [3.8, 4) is 0 Å². The van der Waals surface area contributed by atoms with Crippen molar-refractivity contribution in [2.24, 2.45) is 0 Å². The van der Waals surface area contributed by atoms with Crippen molar-refractivity contribution in [3.05, 3.63) is 112 Å². The Morgan fingerprint density at radius 3 is 2.44 bits per heavy atom. The Morgan fingerprint density at radius 2 is 1.62 bits per heavy atom. The number of nitrogens with zero attached hydrogens (tertiary/aromatic N) is 1. The van der Waals surface area contributed by atoms with Crippen LogP contribution in [0.1, 0.15) is 27.9 Å². The molecule has 0 bridgehead atoms. The third-order valence-corrected chi connectivity index (χ3v) is 6.48. The summed E-state index contributed by atoms with van der Waals surface area (Å²) in [5.74, 6) is -0.756. The zero-order valence-electron chi connectivity index (χ0n) is 17.2. The van der Waals surface area contributed by atoms with Crippen molar-refractivity contribution >= 4 is 44.1 Å². The minimum atomic E-state index is -1.93. The van der Waals surface area contributed by atoms with Gasteiger partial charge in [0.25, 0.3) is 5.91 Å². The molecule has 0 fully saturated rings. The molecule has 5 rings (SSSR count). The molecule has 4 aromatic carbocycles. The lowest BCUT2D eigenvalue weighted by atomic mass is 9.87. The number of fused-ring (bicyclic) bond motifs is 2.